The quantitative estimate of drug-likeness (QED) is 0.697. The Balaban J connectivity index is 1.71. The molecule has 0 spiro atoms. The van der Waals surface area contributed by atoms with E-state index in [1.165, 1.54) is 70.6 Å². The third-order valence-electron chi connectivity index (χ3n) is 7.11. The van der Waals surface area contributed by atoms with E-state index >= 15 is 0 Å². The van der Waals surface area contributed by atoms with Crippen molar-refractivity contribution in [2.24, 2.45) is 17.6 Å². The average Bonchev–Trinajstić information content (AvgIpc) is 2.90. The number of guanidine groups is 1. The molecular formula is C22H40N3O+. The molecule has 0 aromatic carbocycles. The molecule has 1 heterocycles. The number of nitrogens with two attached hydrogens (primary N) is 1. The van der Waals surface area contributed by atoms with Crippen LogP contribution in [-0.4, -0.2) is 28.9 Å². The molecule has 3 rings (SSSR count). The third kappa shape index (κ3) is 4.61. The maximum absolute atomic E-state index is 13.5. The monoisotopic (exact) mass is 362 g/mol. The van der Waals surface area contributed by atoms with E-state index in [0.29, 0.717) is 11.9 Å². The molecule has 1 amide bonds. The summed E-state index contributed by atoms with van der Waals surface area (Å²) in [5, 5.41) is 0. The summed E-state index contributed by atoms with van der Waals surface area (Å²) in [5.41, 5.74) is 5.89. The predicted octanol–water partition coefficient (Wildman–Crippen LogP) is 3.09. The zero-order valence-corrected chi connectivity index (χ0v) is 16.9. The third-order valence-corrected chi connectivity index (χ3v) is 7.11. The largest absolute Gasteiger partial charge is 0.351 e. The smallest absolute Gasteiger partial charge is 0.290 e. The summed E-state index contributed by atoms with van der Waals surface area (Å²) >= 11 is 0. The van der Waals surface area contributed by atoms with Crippen molar-refractivity contribution in [2.75, 3.05) is 6.54 Å². The van der Waals surface area contributed by atoms with Crippen LogP contribution in [-0.2, 0) is 4.79 Å². The summed E-state index contributed by atoms with van der Waals surface area (Å²) in [4.78, 5) is 18.8. The van der Waals surface area contributed by atoms with Gasteiger partial charge in [0.25, 0.3) is 0 Å². The highest BCUT2D eigenvalue weighted by molar-refractivity contribution is 6.01. The van der Waals surface area contributed by atoms with Gasteiger partial charge in [-0.25, -0.2) is 0 Å². The Morgan fingerprint density at radius 1 is 1.04 bits per heavy atom. The van der Waals surface area contributed by atoms with E-state index in [1.807, 2.05) is 4.90 Å². The van der Waals surface area contributed by atoms with E-state index in [1.54, 1.807) is 0 Å². The SMILES string of the molecule is CCCCN1C(=O)[C@@](CCC2CCCCC2)(CC2CCCCC2)[NH+]=C1N. The summed E-state index contributed by atoms with van der Waals surface area (Å²) in [6.45, 7) is 2.94. The second-order valence-corrected chi connectivity index (χ2v) is 9.15. The van der Waals surface area contributed by atoms with Gasteiger partial charge in [0.15, 0.2) is 5.54 Å². The van der Waals surface area contributed by atoms with Gasteiger partial charge in [0.2, 0.25) is 0 Å². The van der Waals surface area contributed by atoms with E-state index in [9.17, 15) is 4.79 Å². The van der Waals surface area contributed by atoms with E-state index in [-0.39, 0.29) is 5.91 Å². The van der Waals surface area contributed by atoms with Crippen LogP contribution in [0.3, 0.4) is 0 Å². The summed E-state index contributed by atoms with van der Waals surface area (Å²) in [5.74, 6) is 2.38. The average molecular weight is 363 g/mol. The standard InChI is InChI=1S/C22H39N3O/c1-2-3-16-25-20(26)22(24-21(25)23,17-19-12-8-5-9-13-19)15-14-18-10-6-4-7-11-18/h18-19H,2-17H2,1H3,(H2,23,24)/p+1/t22-/m1/s1. The number of amides is 1. The minimum absolute atomic E-state index is 0.268. The Hall–Kier alpha value is -1.06. The molecular weight excluding hydrogens is 322 g/mol. The number of nitrogens with zero attached hydrogens (tertiary/aromatic N) is 1. The summed E-state index contributed by atoms with van der Waals surface area (Å²) in [7, 11) is 0. The van der Waals surface area contributed by atoms with Gasteiger partial charge in [-0.2, -0.15) is 4.90 Å². The molecule has 148 valence electrons. The van der Waals surface area contributed by atoms with Crippen molar-refractivity contribution in [3.8, 4) is 0 Å². The fourth-order valence-corrected chi connectivity index (χ4v) is 5.49. The lowest BCUT2D eigenvalue weighted by Crippen LogP contribution is -2.87. The zero-order chi connectivity index (χ0) is 18.4. The normalized spacial score (nSPS) is 28.6. The molecule has 0 aromatic heterocycles. The minimum Gasteiger partial charge on any atom is -0.290 e. The zero-order valence-electron chi connectivity index (χ0n) is 16.9. The fourth-order valence-electron chi connectivity index (χ4n) is 5.49. The summed E-state index contributed by atoms with van der Waals surface area (Å²) in [6, 6.07) is 0. The molecule has 0 aromatic rings. The highest BCUT2D eigenvalue weighted by atomic mass is 16.2. The predicted molar refractivity (Wildman–Crippen MR) is 107 cm³/mol. The number of rotatable bonds is 8. The van der Waals surface area contributed by atoms with Crippen LogP contribution in [0.2, 0.25) is 0 Å². The number of carbonyl (C=O) groups excluding carboxylic acids is 1. The summed E-state index contributed by atoms with van der Waals surface area (Å²) in [6.07, 6.45) is 18.7. The highest BCUT2D eigenvalue weighted by Gasteiger charge is 2.52. The Bertz CT molecular complexity index is 492. The second kappa shape index (κ2) is 9.23. The Morgan fingerprint density at radius 2 is 1.65 bits per heavy atom. The first-order chi connectivity index (χ1) is 12.6. The van der Waals surface area contributed by atoms with Crippen LogP contribution in [0.25, 0.3) is 0 Å². The van der Waals surface area contributed by atoms with Gasteiger partial charge >= 0.3 is 11.9 Å². The number of hydrogen-bond donors (Lipinski definition) is 2. The van der Waals surface area contributed by atoms with Crippen molar-refractivity contribution in [3.63, 3.8) is 0 Å². The lowest BCUT2D eigenvalue weighted by atomic mass is 9.75. The van der Waals surface area contributed by atoms with E-state index in [4.69, 9.17) is 5.73 Å². The lowest BCUT2D eigenvalue weighted by molar-refractivity contribution is -0.535. The van der Waals surface area contributed by atoms with Crippen molar-refractivity contribution >= 4 is 11.9 Å². The van der Waals surface area contributed by atoms with Gasteiger partial charge in [-0.05, 0) is 37.5 Å². The molecule has 0 radical (unpaired) electrons. The van der Waals surface area contributed by atoms with Crippen LogP contribution in [0.4, 0.5) is 0 Å². The van der Waals surface area contributed by atoms with E-state index in [0.717, 1.165) is 38.1 Å². The molecule has 4 heteroatoms. The maximum atomic E-state index is 13.5. The molecule has 2 saturated carbocycles. The van der Waals surface area contributed by atoms with Crippen LogP contribution < -0.4 is 10.7 Å². The molecule has 0 bridgehead atoms. The Kier molecular flexibility index (Phi) is 6.99. The van der Waals surface area contributed by atoms with Gasteiger partial charge in [-0.1, -0.05) is 77.6 Å². The van der Waals surface area contributed by atoms with Gasteiger partial charge in [0.05, 0.1) is 6.54 Å². The maximum Gasteiger partial charge on any atom is 0.351 e. The number of unbranched alkanes of at least 4 members (excludes halogenated alkanes) is 1. The fraction of sp³-hybridized carbons (Fsp3) is 0.909. The lowest BCUT2D eigenvalue weighted by Gasteiger charge is -2.31. The van der Waals surface area contributed by atoms with Crippen LogP contribution in [0.5, 0.6) is 0 Å². The van der Waals surface area contributed by atoms with Crippen molar-refractivity contribution in [1.82, 2.24) is 4.90 Å². The topological polar surface area (TPSA) is 60.3 Å². The Morgan fingerprint density at radius 3 is 2.27 bits per heavy atom. The second-order valence-electron chi connectivity index (χ2n) is 9.15. The Labute approximate surface area is 160 Å². The molecule has 26 heavy (non-hydrogen) atoms. The first-order valence-electron chi connectivity index (χ1n) is 11.4. The molecule has 0 unspecified atom stereocenters. The van der Waals surface area contributed by atoms with Crippen molar-refractivity contribution in [1.29, 1.82) is 0 Å². The number of nitrogens with one attached hydrogen (secondary N) is 1. The molecule has 1 aliphatic heterocycles. The number of hydrogen-bond acceptors (Lipinski definition) is 2. The van der Waals surface area contributed by atoms with Crippen LogP contribution in [0.1, 0.15) is 103 Å². The summed E-state index contributed by atoms with van der Waals surface area (Å²) < 4.78 is 0. The van der Waals surface area contributed by atoms with Gasteiger partial charge in [0, 0.05) is 0 Å². The van der Waals surface area contributed by atoms with Crippen molar-refractivity contribution in [2.45, 2.75) is 109 Å². The minimum atomic E-state index is -0.419. The molecule has 3 N–H and O–H groups in total. The highest BCUT2D eigenvalue weighted by Crippen LogP contribution is 2.35. The van der Waals surface area contributed by atoms with Crippen molar-refractivity contribution < 1.29 is 9.79 Å². The molecule has 2 fully saturated rings. The van der Waals surface area contributed by atoms with Gasteiger partial charge in [-0.3, -0.25) is 15.5 Å². The van der Waals surface area contributed by atoms with Gasteiger partial charge < -0.3 is 0 Å². The van der Waals surface area contributed by atoms with Crippen LogP contribution in [0.15, 0.2) is 0 Å². The van der Waals surface area contributed by atoms with E-state index < -0.39 is 5.54 Å². The molecule has 3 aliphatic rings. The van der Waals surface area contributed by atoms with E-state index in [2.05, 4.69) is 11.9 Å². The molecule has 0 saturated heterocycles. The van der Waals surface area contributed by atoms with Gasteiger partial charge in [0.1, 0.15) is 0 Å². The van der Waals surface area contributed by atoms with Crippen LogP contribution in [0, 0.1) is 11.8 Å². The van der Waals surface area contributed by atoms with Gasteiger partial charge in [-0.15, -0.1) is 0 Å². The van der Waals surface area contributed by atoms with Crippen LogP contribution >= 0.6 is 0 Å². The number of carbonyl (C=O) groups is 1. The molecule has 2 aliphatic carbocycles. The first-order valence-corrected chi connectivity index (χ1v) is 11.4. The molecule has 4 nitrogen and oxygen atoms in total. The van der Waals surface area contributed by atoms with Crippen molar-refractivity contribution in [3.05, 3.63) is 0 Å². The molecule has 1 atom stereocenters. The first kappa shape index (κ1) is 19.7.